The summed E-state index contributed by atoms with van der Waals surface area (Å²) in [7, 11) is 0. The van der Waals surface area contributed by atoms with E-state index in [0.29, 0.717) is 17.1 Å². The Morgan fingerprint density at radius 1 is 0.893 bits per heavy atom. The molecule has 3 rings (SSSR count). The number of halogens is 1. The first-order valence-corrected chi connectivity index (χ1v) is 10.1. The highest BCUT2D eigenvalue weighted by atomic mass is 35.5. The molecule has 1 aliphatic heterocycles. The van der Waals surface area contributed by atoms with Gasteiger partial charge in [-0.05, 0) is 61.3 Å². The number of piperidine rings is 1. The fraction of sp³-hybridized carbons (Fsp3) is 0.364. The van der Waals surface area contributed by atoms with Crippen LogP contribution in [0.15, 0.2) is 48.5 Å². The number of likely N-dealkylation sites (tertiary alicyclic amines) is 1. The van der Waals surface area contributed by atoms with Crippen LogP contribution in [0.3, 0.4) is 0 Å². The minimum absolute atomic E-state index is 0.0598. The van der Waals surface area contributed by atoms with Crippen LogP contribution in [0.5, 0.6) is 0 Å². The second kappa shape index (κ2) is 10.2. The van der Waals surface area contributed by atoms with Gasteiger partial charge in [0, 0.05) is 23.7 Å². The van der Waals surface area contributed by atoms with Crippen LogP contribution in [0.25, 0.3) is 0 Å². The zero-order valence-corrected chi connectivity index (χ0v) is 16.7. The van der Waals surface area contributed by atoms with Crippen LogP contribution in [0, 0.1) is 0 Å². The number of nitrogens with one attached hydrogen (secondary N) is 2. The van der Waals surface area contributed by atoms with E-state index in [9.17, 15) is 9.59 Å². The van der Waals surface area contributed by atoms with Crippen molar-refractivity contribution in [1.82, 2.24) is 15.5 Å². The van der Waals surface area contributed by atoms with Crippen LogP contribution in [-0.2, 0) is 17.9 Å². The summed E-state index contributed by atoms with van der Waals surface area (Å²) in [6, 6.07) is 14.8. The zero-order valence-electron chi connectivity index (χ0n) is 15.9. The summed E-state index contributed by atoms with van der Waals surface area (Å²) in [5.41, 5.74) is 2.84. The molecule has 0 unspecified atom stereocenters. The van der Waals surface area contributed by atoms with Crippen LogP contribution in [0.4, 0.5) is 0 Å². The van der Waals surface area contributed by atoms with E-state index in [4.69, 9.17) is 11.6 Å². The number of hydrogen-bond donors (Lipinski definition) is 2. The van der Waals surface area contributed by atoms with Crippen molar-refractivity contribution in [2.75, 3.05) is 19.6 Å². The minimum atomic E-state index is -0.294. The third-order valence-corrected chi connectivity index (χ3v) is 5.20. The van der Waals surface area contributed by atoms with E-state index in [1.54, 1.807) is 24.3 Å². The summed E-state index contributed by atoms with van der Waals surface area (Å²) in [5.74, 6) is -0.507. The Kier molecular flexibility index (Phi) is 7.46. The zero-order chi connectivity index (χ0) is 19.8. The van der Waals surface area contributed by atoms with E-state index in [-0.39, 0.29) is 18.4 Å². The molecule has 0 bridgehead atoms. The fourth-order valence-electron chi connectivity index (χ4n) is 3.36. The predicted octanol–water partition coefficient (Wildman–Crippen LogP) is 3.37. The summed E-state index contributed by atoms with van der Waals surface area (Å²) < 4.78 is 0. The first-order valence-electron chi connectivity index (χ1n) is 9.71. The van der Waals surface area contributed by atoms with Crippen LogP contribution in [0.1, 0.15) is 40.7 Å². The molecule has 28 heavy (non-hydrogen) atoms. The van der Waals surface area contributed by atoms with Gasteiger partial charge in [0.25, 0.3) is 5.91 Å². The largest absolute Gasteiger partial charge is 0.350 e. The van der Waals surface area contributed by atoms with Crippen molar-refractivity contribution in [1.29, 1.82) is 0 Å². The third-order valence-electron chi connectivity index (χ3n) is 4.95. The first kappa shape index (κ1) is 20.4. The molecule has 2 N–H and O–H groups in total. The molecule has 0 aromatic heterocycles. The quantitative estimate of drug-likeness (QED) is 0.750. The minimum Gasteiger partial charge on any atom is -0.350 e. The van der Waals surface area contributed by atoms with E-state index in [1.807, 2.05) is 18.2 Å². The van der Waals surface area contributed by atoms with Crippen LogP contribution >= 0.6 is 11.6 Å². The molecule has 2 amide bonds. The van der Waals surface area contributed by atoms with Crippen molar-refractivity contribution in [2.24, 2.45) is 0 Å². The average Bonchev–Trinajstić information content (AvgIpc) is 2.72. The van der Waals surface area contributed by atoms with Gasteiger partial charge in [-0.25, -0.2) is 0 Å². The van der Waals surface area contributed by atoms with Gasteiger partial charge >= 0.3 is 0 Å². The number of nitrogens with zero attached hydrogens (tertiary/aromatic N) is 1. The Labute approximate surface area is 171 Å². The number of rotatable bonds is 7. The summed E-state index contributed by atoms with van der Waals surface area (Å²) in [5, 5.41) is 6.10. The predicted molar refractivity (Wildman–Crippen MR) is 111 cm³/mol. The Morgan fingerprint density at radius 2 is 1.57 bits per heavy atom. The number of hydrogen-bond acceptors (Lipinski definition) is 3. The van der Waals surface area contributed by atoms with Crippen LogP contribution in [0.2, 0.25) is 5.02 Å². The lowest BCUT2D eigenvalue weighted by Gasteiger charge is -2.27. The molecule has 1 saturated heterocycles. The molecule has 1 aliphatic rings. The molecule has 0 spiro atoms. The van der Waals surface area contributed by atoms with E-state index in [1.165, 1.54) is 24.8 Å². The Morgan fingerprint density at radius 3 is 2.29 bits per heavy atom. The summed E-state index contributed by atoms with van der Waals surface area (Å²) in [4.78, 5) is 26.7. The average molecular weight is 400 g/mol. The smallest absolute Gasteiger partial charge is 0.251 e. The van der Waals surface area contributed by atoms with E-state index >= 15 is 0 Å². The van der Waals surface area contributed by atoms with Gasteiger partial charge in [0.1, 0.15) is 0 Å². The fourth-order valence-corrected chi connectivity index (χ4v) is 3.49. The molecule has 0 aliphatic carbocycles. The molecule has 148 valence electrons. The molecular weight excluding hydrogens is 374 g/mol. The maximum absolute atomic E-state index is 12.2. The van der Waals surface area contributed by atoms with Crippen LogP contribution < -0.4 is 10.6 Å². The lowest BCUT2D eigenvalue weighted by atomic mass is 10.0. The van der Waals surface area contributed by atoms with Crippen molar-refractivity contribution >= 4 is 23.4 Å². The molecule has 2 aromatic rings. The maximum Gasteiger partial charge on any atom is 0.251 e. The molecular formula is C22H26ClN3O2. The Bertz CT molecular complexity index is 802. The SMILES string of the molecule is O=C(CNC(=O)c1ccc(Cl)cc1)NCc1ccccc1CN1CCCCC1. The Balaban J connectivity index is 1.47. The molecule has 0 saturated carbocycles. The number of amides is 2. The second-order valence-electron chi connectivity index (χ2n) is 7.07. The van der Waals surface area contributed by atoms with E-state index in [2.05, 4.69) is 21.6 Å². The van der Waals surface area contributed by atoms with Gasteiger partial charge < -0.3 is 10.6 Å². The van der Waals surface area contributed by atoms with Crippen molar-refractivity contribution in [2.45, 2.75) is 32.4 Å². The number of carbonyl (C=O) groups excluding carboxylic acids is 2. The molecule has 1 fully saturated rings. The summed E-state index contributed by atoms with van der Waals surface area (Å²) in [6.07, 6.45) is 3.83. The molecule has 2 aromatic carbocycles. The summed E-state index contributed by atoms with van der Waals surface area (Å²) >= 11 is 5.82. The molecule has 0 atom stereocenters. The van der Waals surface area contributed by atoms with Gasteiger partial charge in [-0.3, -0.25) is 14.5 Å². The summed E-state index contributed by atoms with van der Waals surface area (Å²) in [6.45, 7) is 3.59. The maximum atomic E-state index is 12.2. The first-order chi connectivity index (χ1) is 13.6. The van der Waals surface area contributed by atoms with Gasteiger partial charge in [0.05, 0.1) is 6.54 Å². The highest BCUT2D eigenvalue weighted by Gasteiger charge is 2.13. The van der Waals surface area contributed by atoms with Crippen LogP contribution in [-0.4, -0.2) is 36.3 Å². The third kappa shape index (κ3) is 6.08. The van der Waals surface area contributed by atoms with Gasteiger partial charge in [0.15, 0.2) is 0 Å². The molecule has 0 radical (unpaired) electrons. The van der Waals surface area contributed by atoms with Gasteiger partial charge in [-0.15, -0.1) is 0 Å². The van der Waals surface area contributed by atoms with E-state index < -0.39 is 0 Å². The molecule has 1 heterocycles. The second-order valence-corrected chi connectivity index (χ2v) is 7.51. The van der Waals surface area contributed by atoms with Crippen molar-refractivity contribution in [3.05, 3.63) is 70.2 Å². The standard InChI is InChI=1S/C22H26ClN3O2/c23-20-10-8-17(9-11-20)22(28)25-15-21(27)24-14-18-6-2-3-7-19(18)16-26-12-4-1-5-13-26/h2-3,6-11H,1,4-5,12-16H2,(H,24,27)(H,25,28). The molecule has 6 heteroatoms. The van der Waals surface area contributed by atoms with Crippen molar-refractivity contribution in [3.8, 4) is 0 Å². The van der Waals surface area contributed by atoms with Crippen molar-refractivity contribution in [3.63, 3.8) is 0 Å². The normalized spacial score (nSPS) is 14.5. The van der Waals surface area contributed by atoms with Gasteiger partial charge in [0.2, 0.25) is 5.91 Å². The van der Waals surface area contributed by atoms with Gasteiger partial charge in [-0.2, -0.15) is 0 Å². The lowest BCUT2D eigenvalue weighted by molar-refractivity contribution is -0.120. The molecule has 5 nitrogen and oxygen atoms in total. The lowest BCUT2D eigenvalue weighted by Crippen LogP contribution is -2.37. The highest BCUT2D eigenvalue weighted by Crippen LogP contribution is 2.16. The Hall–Kier alpha value is -2.37. The van der Waals surface area contributed by atoms with Crippen molar-refractivity contribution < 1.29 is 9.59 Å². The monoisotopic (exact) mass is 399 g/mol. The topological polar surface area (TPSA) is 61.4 Å². The highest BCUT2D eigenvalue weighted by molar-refractivity contribution is 6.30. The number of benzene rings is 2. The van der Waals surface area contributed by atoms with E-state index in [0.717, 1.165) is 25.2 Å². The van der Waals surface area contributed by atoms with Gasteiger partial charge in [-0.1, -0.05) is 42.3 Å². The number of carbonyl (C=O) groups is 2.